The smallest absolute Gasteiger partial charge is 0.416 e. The minimum Gasteiger partial charge on any atom is -0.478 e. The molecule has 1 aromatic carbocycles. The molecule has 0 spiro atoms. The van der Waals surface area contributed by atoms with E-state index in [9.17, 15) is 13.2 Å². The Morgan fingerprint density at radius 2 is 1.83 bits per heavy atom. The molecule has 1 aliphatic heterocycles. The Balaban J connectivity index is 1.92. The van der Waals surface area contributed by atoms with Gasteiger partial charge in [-0.1, -0.05) is 12.5 Å². The highest BCUT2D eigenvalue weighted by molar-refractivity contribution is 5.30. The Labute approximate surface area is 104 Å². The van der Waals surface area contributed by atoms with E-state index in [2.05, 4.69) is 4.90 Å². The number of rotatable bonds is 3. The number of likely N-dealkylation sites (tertiary alicyclic amines) is 1. The molecule has 1 saturated heterocycles. The van der Waals surface area contributed by atoms with Gasteiger partial charge in [-0.15, -0.1) is 0 Å². The Bertz CT molecular complexity index is 386. The Morgan fingerprint density at radius 3 is 2.50 bits per heavy atom. The first-order chi connectivity index (χ1) is 8.55. The van der Waals surface area contributed by atoms with Crippen molar-refractivity contribution in [3.63, 3.8) is 0 Å². The van der Waals surface area contributed by atoms with Gasteiger partial charge in [0.25, 0.3) is 0 Å². The van der Waals surface area contributed by atoms with E-state index >= 15 is 0 Å². The summed E-state index contributed by atoms with van der Waals surface area (Å²) in [7, 11) is 0. The highest BCUT2D eigenvalue weighted by Gasteiger charge is 2.30. The molecule has 2 rings (SSSR count). The zero-order chi connectivity index (χ0) is 13.0. The number of hydrogen-bond acceptors (Lipinski definition) is 2. The molecule has 0 amide bonds. The zero-order valence-electron chi connectivity index (χ0n) is 10.0. The second-order valence-corrected chi connectivity index (χ2v) is 4.48. The highest BCUT2D eigenvalue weighted by atomic mass is 19.4. The Morgan fingerprint density at radius 1 is 1.11 bits per heavy atom. The van der Waals surface area contributed by atoms with Crippen LogP contribution >= 0.6 is 0 Å². The van der Waals surface area contributed by atoms with Crippen molar-refractivity contribution in [1.29, 1.82) is 0 Å². The predicted octanol–water partition coefficient (Wildman–Crippen LogP) is 3.53. The van der Waals surface area contributed by atoms with Crippen molar-refractivity contribution in [2.24, 2.45) is 0 Å². The van der Waals surface area contributed by atoms with E-state index in [0.29, 0.717) is 6.73 Å². The molecule has 18 heavy (non-hydrogen) atoms. The normalized spacial score (nSPS) is 17.7. The quantitative estimate of drug-likeness (QED) is 0.823. The van der Waals surface area contributed by atoms with Crippen LogP contribution in [0.4, 0.5) is 13.2 Å². The summed E-state index contributed by atoms with van der Waals surface area (Å²) in [5, 5.41) is 0. The van der Waals surface area contributed by atoms with Crippen LogP contribution in [0.3, 0.4) is 0 Å². The average molecular weight is 259 g/mol. The van der Waals surface area contributed by atoms with Gasteiger partial charge < -0.3 is 4.74 Å². The fraction of sp³-hybridized carbons (Fsp3) is 0.538. The summed E-state index contributed by atoms with van der Waals surface area (Å²) in [6, 6.07) is 5.02. The SMILES string of the molecule is FC(F)(F)c1cccc(OCN2CCCCC2)c1. The molecule has 100 valence electrons. The van der Waals surface area contributed by atoms with Crippen molar-refractivity contribution >= 4 is 0 Å². The number of ether oxygens (including phenoxy) is 1. The molecule has 0 aliphatic carbocycles. The van der Waals surface area contributed by atoms with Gasteiger partial charge in [-0.3, -0.25) is 4.90 Å². The van der Waals surface area contributed by atoms with Crippen molar-refractivity contribution in [2.45, 2.75) is 25.4 Å². The van der Waals surface area contributed by atoms with Crippen molar-refractivity contribution in [3.05, 3.63) is 29.8 Å². The van der Waals surface area contributed by atoms with Crippen LogP contribution < -0.4 is 4.74 Å². The van der Waals surface area contributed by atoms with Crippen LogP contribution in [0.25, 0.3) is 0 Å². The molecule has 5 heteroatoms. The van der Waals surface area contributed by atoms with E-state index < -0.39 is 11.7 Å². The van der Waals surface area contributed by atoms with Crippen molar-refractivity contribution < 1.29 is 17.9 Å². The molecule has 1 aliphatic rings. The monoisotopic (exact) mass is 259 g/mol. The fourth-order valence-corrected chi connectivity index (χ4v) is 2.02. The third kappa shape index (κ3) is 3.63. The van der Waals surface area contributed by atoms with Gasteiger partial charge >= 0.3 is 6.18 Å². The van der Waals surface area contributed by atoms with Gasteiger partial charge in [0.2, 0.25) is 0 Å². The molecule has 1 aromatic rings. The molecule has 1 heterocycles. The minimum atomic E-state index is -4.31. The largest absolute Gasteiger partial charge is 0.478 e. The summed E-state index contributed by atoms with van der Waals surface area (Å²) in [5.41, 5.74) is -0.668. The third-order valence-electron chi connectivity index (χ3n) is 3.02. The first kappa shape index (κ1) is 13.2. The molecular weight excluding hydrogens is 243 g/mol. The first-order valence-corrected chi connectivity index (χ1v) is 6.08. The van der Waals surface area contributed by atoms with E-state index in [0.717, 1.165) is 38.1 Å². The Kier molecular flexibility index (Phi) is 4.11. The number of halogens is 3. The second-order valence-electron chi connectivity index (χ2n) is 4.48. The average Bonchev–Trinajstić information content (AvgIpc) is 2.37. The predicted molar refractivity (Wildman–Crippen MR) is 62.4 cm³/mol. The molecule has 0 aromatic heterocycles. The topological polar surface area (TPSA) is 12.5 Å². The summed E-state index contributed by atoms with van der Waals surface area (Å²) in [6.45, 7) is 2.28. The van der Waals surface area contributed by atoms with E-state index in [1.54, 1.807) is 6.07 Å². The van der Waals surface area contributed by atoms with Crippen molar-refractivity contribution in [1.82, 2.24) is 4.90 Å². The summed E-state index contributed by atoms with van der Waals surface area (Å²) in [6.07, 6.45) is -0.831. The molecule has 1 fully saturated rings. The van der Waals surface area contributed by atoms with Crippen LogP contribution in [0.5, 0.6) is 5.75 Å². The van der Waals surface area contributed by atoms with Gasteiger partial charge in [-0.05, 0) is 31.0 Å². The molecular formula is C13H16F3NO. The maximum atomic E-state index is 12.5. The van der Waals surface area contributed by atoms with Crippen molar-refractivity contribution in [2.75, 3.05) is 19.8 Å². The van der Waals surface area contributed by atoms with E-state index in [1.165, 1.54) is 12.5 Å². The summed E-state index contributed by atoms with van der Waals surface area (Å²) in [4.78, 5) is 2.11. The summed E-state index contributed by atoms with van der Waals surface area (Å²) >= 11 is 0. The lowest BCUT2D eigenvalue weighted by Gasteiger charge is -2.26. The lowest BCUT2D eigenvalue weighted by Crippen LogP contribution is -2.33. The molecule has 0 unspecified atom stereocenters. The van der Waals surface area contributed by atoms with Crippen LogP contribution in [-0.4, -0.2) is 24.7 Å². The minimum absolute atomic E-state index is 0.274. The van der Waals surface area contributed by atoms with E-state index in [4.69, 9.17) is 4.74 Å². The first-order valence-electron chi connectivity index (χ1n) is 6.08. The third-order valence-corrected chi connectivity index (χ3v) is 3.02. The van der Waals surface area contributed by atoms with Crippen LogP contribution in [0.15, 0.2) is 24.3 Å². The number of nitrogens with zero attached hydrogens (tertiary/aromatic N) is 1. The number of alkyl halides is 3. The molecule has 0 saturated carbocycles. The Hall–Kier alpha value is -1.23. The van der Waals surface area contributed by atoms with Gasteiger partial charge in [0, 0.05) is 13.1 Å². The standard InChI is InChI=1S/C13H16F3NO/c14-13(15,16)11-5-4-6-12(9-11)18-10-17-7-2-1-3-8-17/h4-6,9H,1-3,7-8,10H2. The lowest BCUT2D eigenvalue weighted by molar-refractivity contribution is -0.137. The highest BCUT2D eigenvalue weighted by Crippen LogP contribution is 2.31. The van der Waals surface area contributed by atoms with Gasteiger partial charge in [0.1, 0.15) is 12.5 Å². The van der Waals surface area contributed by atoms with Crippen LogP contribution in [0.1, 0.15) is 24.8 Å². The van der Waals surface area contributed by atoms with E-state index in [1.807, 2.05) is 0 Å². The fourth-order valence-electron chi connectivity index (χ4n) is 2.02. The van der Waals surface area contributed by atoms with Gasteiger partial charge in [0.05, 0.1) is 5.56 Å². The zero-order valence-corrected chi connectivity index (χ0v) is 10.0. The maximum Gasteiger partial charge on any atom is 0.416 e. The number of benzene rings is 1. The maximum absolute atomic E-state index is 12.5. The molecule has 0 radical (unpaired) electrons. The van der Waals surface area contributed by atoms with Crippen LogP contribution in [0, 0.1) is 0 Å². The number of piperidine rings is 1. The summed E-state index contributed by atoms with van der Waals surface area (Å²) in [5.74, 6) is 0.274. The second kappa shape index (κ2) is 5.61. The van der Waals surface area contributed by atoms with E-state index in [-0.39, 0.29) is 5.75 Å². The molecule has 0 bridgehead atoms. The van der Waals surface area contributed by atoms with Crippen LogP contribution in [0.2, 0.25) is 0 Å². The lowest BCUT2D eigenvalue weighted by atomic mass is 10.1. The van der Waals surface area contributed by atoms with Gasteiger partial charge in [-0.25, -0.2) is 0 Å². The van der Waals surface area contributed by atoms with Gasteiger partial charge in [0.15, 0.2) is 0 Å². The molecule has 2 nitrogen and oxygen atoms in total. The molecule has 0 N–H and O–H groups in total. The van der Waals surface area contributed by atoms with Crippen LogP contribution in [-0.2, 0) is 6.18 Å². The summed E-state index contributed by atoms with van der Waals surface area (Å²) < 4.78 is 42.9. The van der Waals surface area contributed by atoms with Crippen molar-refractivity contribution in [3.8, 4) is 5.75 Å². The number of hydrogen-bond donors (Lipinski definition) is 0. The van der Waals surface area contributed by atoms with Gasteiger partial charge in [-0.2, -0.15) is 13.2 Å². The molecule has 0 atom stereocenters.